The molecule has 0 bridgehead atoms. The second-order valence-corrected chi connectivity index (χ2v) is 9.17. The van der Waals surface area contributed by atoms with Gasteiger partial charge in [-0.3, -0.25) is 14.5 Å². The van der Waals surface area contributed by atoms with Crippen LogP contribution in [0, 0.1) is 20.8 Å². The Morgan fingerprint density at radius 2 is 1.81 bits per heavy atom. The standard InChI is InChI=1S/C25H28N4O2S/c1-16-7-6-8-19(13-16)23(24(30)26-20-9-4-5-10-20)29(25(31)21-15-32-28-27-21)22-14-17(2)11-12-18(22)3/h6-8,11-15,20,23H,4-5,9-10H2,1-3H3,(H,26,30)/t23-/m1/s1. The van der Waals surface area contributed by atoms with Gasteiger partial charge in [0.25, 0.3) is 5.91 Å². The first-order valence-corrected chi connectivity index (χ1v) is 11.8. The zero-order valence-corrected chi connectivity index (χ0v) is 19.5. The van der Waals surface area contributed by atoms with E-state index in [9.17, 15) is 9.59 Å². The second kappa shape index (κ2) is 9.61. The van der Waals surface area contributed by atoms with Crippen LogP contribution in [0.2, 0.25) is 0 Å². The Labute approximate surface area is 192 Å². The van der Waals surface area contributed by atoms with Crippen LogP contribution in [0.3, 0.4) is 0 Å². The molecule has 166 valence electrons. The van der Waals surface area contributed by atoms with Crippen molar-refractivity contribution in [1.29, 1.82) is 0 Å². The average molecular weight is 449 g/mol. The molecule has 4 rings (SSSR count). The van der Waals surface area contributed by atoms with Crippen molar-refractivity contribution in [2.75, 3.05) is 4.90 Å². The third kappa shape index (κ3) is 4.72. The Balaban J connectivity index is 1.86. The predicted molar refractivity (Wildman–Crippen MR) is 127 cm³/mol. The first-order valence-electron chi connectivity index (χ1n) is 11.0. The van der Waals surface area contributed by atoms with Gasteiger partial charge < -0.3 is 5.32 Å². The Bertz CT molecular complexity index is 1110. The quantitative estimate of drug-likeness (QED) is 0.581. The minimum absolute atomic E-state index is 0.145. The van der Waals surface area contributed by atoms with Crippen molar-refractivity contribution >= 4 is 29.0 Å². The maximum absolute atomic E-state index is 13.8. The summed E-state index contributed by atoms with van der Waals surface area (Å²) >= 11 is 1.12. The zero-order chi connectivity index (χ0) is 22.7. The molecule has 1 aliphatic carbocycles. The Hall–Kier alpha value is -3.06. The monoisotopic (exact) mass is 448 g/mol. The lowest BCUT2D eigenvalue weighted by atomic mass is 9.98. The number of carbonyl (C=O) groups excluding carboxylic acids is 2. The maximum Gasteiger partial charge on any atom is 0.280 e. The van der Waals surface area contributed by atoms with E-state index in [1.54, 1.807) is 10.3 Å². The number of rotatable bonds is 6. The number of hydrogen-bond acceptors (Lipinski definition) is 5. The molecule has 1 atom stereocenters. The highest BCUT2D eigenvalue weighted by molar-refractivity contribution is 7.03. The van der Waals surface area contributed by atoms with Gasteiger partial charge in [-0.1, -0.05) is 59.3 Å². The number of carbonyl (C=O) groups is 2. The van der Waals surface area contributed by atoms with Gasteiger partial charge in [0.1, 0.15) is 6.04 Å². The molecule has 0 unspecified atom stereocenters. The minimum atomic E-state index is -0.815. The molecule has 1 N–H and O–H groups in total. The van der Waals surface area contributed by atoms with Gasteiger partial charge in [0.05, 0.1) is 0 Å². The summed E-state index contributed by atoms with van der Waals surface area (Å²) < 4.78 is 3.88. The van der Waals surface area contributed by atoms with Crippen LogP contribution >= 0.6 is 11.5 Å². The van der Waals surface area contributed by atoms with E-state index < -0.39 is 6.04 Å². The van der Waals surface area contributed by atoms with E-state index in [1.165, 1.54) is 0 Å². The fourth-order valence-electron chi connectivity index (χ4n) is 4.33. The molecule has 1 aliphatic rings. The Morgan fingerprint density at radius 1 is 1.06 bits per heavy atom. The van der Waals surface area contributed by atoms with Crippen molar-refractivity contribution < 1.29 is 9.59 Å². The molecule has 1 fully saturated rings. The van der Waals surface area contributed by atoms with Gasteiger partial charge in [-0.05, 0) is 67.9 Å². The van der Waals surface area contributed by atoms with Crippen LogP contribution in [0.15, 0.2) is 47.8 Å². The fourth-order valence-corrected chi connectivity index (χ4v) is 4.76. The summed E-state index contributed by atoms with van der Waals surface area (Å²) in [5.41, 5.74) is 4.68. The lowest BCUT2D eigenvalue weighted by Gasteiger charge is -2.33. The van der Waals surface area contributed by atoms with Crippen LogP contribution in [-0.2, 0) is 4.79 Å². The molecule has 3 aromatic rings. The Morgan fingerprint density at radius 3 is 2.50 bits per heavy atom. The van der Waals surface area contributed by atoms with Crippen molar-refractivity contribution in [3.8, 4) is 0 Å². The van der Waals surface area contributed by atoms with E-state index in [2.05, 4.69) is 14.9 Å². The van der Waals surface area contributed by atoms with Gasteiger partial charge in [0.15, 0.2) is 5.69 Å². The van der Waals surface area contributed by atoms with Crippen LogP contribution in [0.5, 0.6) is 0 Å². The predicted octanol–water partition coefficient (Wildman–Crippen LogP) is 4.91. The molecular weight excluding hydrogens is 420 g/mol. The number of aryl methyl sites for hydroxylation is 3. The van der Waals surface area contributed by atoms with Gasteiger partial charge in [0, 0.05) is 17.1 Å². The number of anilines is 1. The third-order valence-electron chi connectivity index (χ3n) is 5.99. The molecule has 32 heavy (non-hydrogen) atoms. The van der Waals surface area contributed by atoms with Gasteiger partial charge >= 0.3 is 0 Å². The molecular formula is C25H28N4O2S. The first-order chi connectivity index (χ1) is 15.4. The average Bonchev–Trinajstić information content (AvgIpc) is 3.47. The molecule has 1 saturated carbocycles. The molecule has 2 aromatic carbocycles. The highest BCUT2D eigenvalue weighted by Crippen LogP contribution is 2.33. The van der Waals surface area contributed by atoms with E-state index in [-0.39, 0.29) is 23.6 Å². The second-order valence-electron chi connectivity index (χ2n) is 8.56. The van der Waals surface area contributed by atoms with Gasteiger partial charge in [-0.25, -0.2) is 0 Å². The van der Waals surface area contributed by atoms with E-state index in [1.807, 2.05) is 63.2 Å². The summed E-state index contributed by atoms with van der Waals surface area (Å²) in [7, 11) is 0. The summed E-state index contributed by atoms with van der Waals surface area (Å²) in [6.45, 7) is 5.93. The third-order valence-corrected chi connectivity index (χ3v) is 6.49. The summed E-state index contributed by atoms with van der Waals surface area (Å²) in [6, 6.07) is 13.1. The number of nitrogens with zero attached hydrogens (tertiary/aromatic N) is 3. The minimum Gasteiger partial charge on any atom is -0.351 e. The van der Waals surface area contributed by atoms with E-state index in [0.29, 0.717) is 5.69 Å². The van der Waals surface area contributed by atoms with Crippen molar-refractivity contribution in [2.45, 2.75) is 58.5 Å². The Kier molecular flexibility index (Phi) is 6.65. The SMILES string of the molecule is Cc1cccc([C@H](C(=O)NC2CCCC2)N(C(=O)c2csnn2)c2cc(C)ccc2C)c1. The number of hydrogen-bond donors (Lipinski definition) is 1. The molecule has 0 radical (unpaired) electrons. The lowest BCUT2D eigenvalue weighted by Crippen LogP contribution is -2.46. The van der Waals surface area contributed by atoms with Crippen LogP contribution in [-0.4, -0.2) is 27.4 Å². The normalized spacial score (nSPS) is 14.8. The molecule has 2 amide bonds. The van der Waals surface area contributed by atoms with Gasteiger partial charge in [0.2, 0.25) is 5.91 Å². The molecule has 6 nitrogen and oxygen atoms in total. The lowest BCUT2D eigenvalue weighted by molar-refractivity contribution is -0.123. The number of aromatic nitrogens is 2. The summed E-state index contributed by atoms with van der Waals surface area (Å²) in [6.07, 6.45) is 4.17. The van der Waals surface area contributed by atoms with Crippen molar-refractivity contribution in [2.24, 2.45) is 0 Å². The van der Waals surface area contributed by atoms with Gasteiger partial charge in [-0.2, -0.15) is 0 Å². The van der Waals surface area contributed by atoms with E-state index in [4.69, 9.17) is 0 Å². The molecule has 1 heterocycles. The van der Waals surface area contributed by atoms with Gasteiger partial charge in [-0.15, -0.1) is 5.10 Å². The fraction of sp³-hybridized carbons (Fsp3) is 0.360. The van der Waals surface area contributed by atoms with E-state index >= 15 is 0 Å². The molecule has 0 spiro atoms. The maximum atomic E-state index is 13.8. The number of benzene rings is 2. The first kappa shape index (κ1) is 22.1. The largest absolute Gasteiger partial charge is 0.351 e. The van der Waals surface area contributed by atoms with Crippen molar-refractivity contribution in [1.82, 2.24) is 14.9 Å². The molecule has 0 aliphatic heterocycles. The number of nitrogens with one attached hydrogen (secondary N) is 1. The topological polar surface area (TPSA) is 75.2 Å². The van der Waals surface area contributed by atoms with Crippen molar-refractivity contribution in [3.63, 3.8) is 0 Å². The highest BCUT2D eigenvalue weighted by atomic mass is 32.1. The summed E-state index contributed by atoms with van der Waals surface area (Å²) in [5, 5.41) is 8.86. The summed E-state index contributed by atoms with van der Waals surface area (Å²) in [5.74, 6) is -0.500. The van der Waals surface area contributed by atoms with Crippen LogP contribution in [0.1, 0.15) is 64.5 Å². The number of amides is 2. The smallest absolute Gasteiger partial charge is 0.280 e. The zero-order valence-electron chi connectivity index (χ0n) is 18.7. The van der Waals surface area contributed by atoms with Crippen LogP contribution in [0.4, 0.5) is 5.69 Å². The van der Waals surface area contributed by atoms with Crippen LogP contribution < -0.4 is 10.2 Å². The van der Waals surface area contributed by atoms with Crippen LogP contribution in [0.25, 0.3) is 0 Å². The highest BCUT2D eigenvalue weighted by Gasteiger charge is 2.36. The van der Waals surface area contributed by atoms with Crippen molar-refractivity contribution in [3.05, 3.63) is 75.8 Å². The molecule has 0 saturated heterocycles. The molecule has 7 heteroatoms. The summed E-state index contributed by atoms with van der Waals surface area (Å²) in [4.78, 5) is 29.1. The van der Waals surface area contributed by atoms with E-state index in [0.717, 1.165) is 59.5 Å². The molecule has 1 aromatic heterocycles.